The Balaban J connectivity index is 1.16. The average molecular weight is 593 g/mol. The number of rotatable bonds is 6. The van der Waals surface area contributed by atoms with Crippen molar-refractivity contribution in [2.45, 2.75) is 19.8 Å². The zero-order valence-corrected chi connectivity index (χ0v) is 25.7. The van der Waals surface area contributed by atoms with E-state index in [1.54, 1.807) is 0 Å². The number of aryl methyl sites for hydroxylation is 1. The standard InChI is InChI=1S/C43H32N2O/c1-29-24-42(44(34-14-4-2-5-15-34)36-20-22-40-32(27-36)25-30-12-8-10-18-38(30)40)46-43(29)45(35-16-6-3-7-17-35)37-21-23-41-33(28-37)26-31-13-9-11-19-39(31)41/h2-24,27-28H,25-26H2,1H3. The number of anilines is 6. The molecule has 2 aliphatic carbocycles. The Morgan fingerprint density at radius 2 is 0.870 bits per heavy atom. The van der Waals surface area contributed by atoms with Gasteiger partial charge in [-0.15, -0.1) is 0 Å². The molecule has 3 nitrogen and oxygen atoms in total. The van der Waals surface area contributed by atoms with E-state index < -0.39 is 0 Å². The first kappa shape index (κ1) is 26.6. The fourth-order valence-corrected chi connectivity index (χ4v) is 7.27. The van der Waals surface area contributed by atoms with Crippen LogP contribution in [0.4, 0.5) is 34.5 Å². The lowest BCUT2D eigenvalue weighted by molar-refractivity contribution is 0.578. The first-order valence-electron chi connectivity index (χ1n) is 15.9. The lowest BCUT2D eigenvalue weighted by Gasteiger charge is -2.25. The molecule has 0 bridgehead atoms. The van der Waals surface area contributed by atoms with E-state index in [-0.39, 0.29) is 0 Å². The van der Waals surface area contributed by atoms with E-state index in [1.807, 2.05) is 0 Å². The predicted octanol–water partition coefficient (Wildman–Crippen LogP) is 11.7. The number of benzene rings is 6. The summed E-state index contributed by atoms with van der Waals surface area (Å²) < 4.78 is 6.97. The molecule has 2 aliphatic rings. The van der Waals surface area contributed by atoms with Crippen LogP contribution in [0.1, 0.15) is 27.8 Å². The largest absolute Gasteiger partial charge is 0.423 e. The first-order valence-corrected chi connectivity index (χ1v) is 15.9. The Morgan fingerprint density at radius 1 is 0.413 bits per heavy atom. The molecule has 3 heteroatoms. The smallest absolute Gasteiger partial charge is 0.210 e. The van der Waals surface area contributed by atoms with E-state index in [1.165, 1.54) is 44.5 Å². The van der Waals surface area contributed by atoms with E-state index in [4.69, 9.17) is 4.42 Å². The molecule has 0 atom stereocenters. The molecule has 1 heterocycles. The molecule has 6 aromatic carbocycles. The highest BCUT2D eigenvalue weighted by atomic mass is 16.4. The van der Waals surface area contributed by atoms with E-state index >= 15 is 0 Å². The van der Waals surface area contributed by atoms with Crippen molar-refractivity contribution in [2.75, 3.05) is 9.80 Å². The second-order valence-corrected chi connectivity index (χ2v) is 12.3. The highest BCUT2D eigenvalue weighted by Gasteiger charge is 2.27. The Labute approximate surface area is 269 Å². The molecule has 46 heavy (non-hydrogen) atoms. The zero-order valence-electron chi connectivity index (χ0n) is 25.7. The molecule has 0 saturated heterocycles. The van der Waals surface area contributed by atoms with E-state index in [0.29, 0.717) is 0 Å². The number of para-hydroxylation sites is 2. The summed E-state index contributed by atoms with van der Waals surface area (Å²) in [6.07, 6.45) is 1.88. The third-order valence-electron chi connectivity index (χ3n) is 9.40. The van der Waals surface area contributed by atoms with Gasteiger partial charge in [-0.3, -0.25) is 9.80 Å². The fourth-order valence-electron chi connectivity index (χ4n) is 7.27. The van der Waals surface area contributed by atoms with Crippen molar-refractivity contribution in [3.8, 4) is 22.3 Å². The maximum absolute atomic E-state index is 6.97. The van der Waals surface area contributed by atoms with E-state index in [2.05, 4.69) is 168 Å². The van der Waals surface area contributed by atoms with Crippen LogP contribution >= 0.6 is 0 Å². The molecule has 0 saturated carbocycles. The molecular formula is C43H32N2O. The molecule has 220 valence electrons. The summed E-state index contributed by atoms with van der Waals surface area (Å²) in [7, 11) is 0. The summed E-state index contributed by atoms with van der Waals surface area (Å²) in [6, 6.07) is 54.3. The summed E-state index contributed by atoms with van der Waals surface area (Å²) in [4.78, 5) is 4.49. The van der Waals surface area contributed by atoms with Gasteiger partial charge in [0.05, 0.1) is 0 Å². The highest BCUT2D eigenvalue weighted by molar-refractivity contribution is 5.85. The van der Waals surface area contributed by atoms with Crippen LogP contribution in [0.2, 0.25) is 0 Å². The van der Waals surface area contributed by atoms with Crippen molar-refractivity contribution in [2.24, 2.45) is 0 Å². The first-order chi connectivity index (χ1) is 22.7. The number of furan rings is 1. The third-order valence-corrected chi connectivity index (χ3v) is 9.40. The highest BCUT2D eigenvalue weighted by Crippen LogP contribution is 2.47. The topological polar surface area (TPSA) is 19.6 Å². The van der Waals surface area contributed by atoms with Gasteiger partial charge in [0.25, 0.3) is 0 Å². The van der Waals surface area contributed by atoms with E-state index in [0.717, 1.165) is 52.9 Å². The van der Waals surface area contributed by atoms with Gasteiger partial charge in [0.1, 0.15) is 0 Å². The predicted molar refractivity (Wildman–Crippen MR) is 189 cm³/mol. The van der Waals surface area contributed by atoms with Gasteiger partial charge in [-0.05, 0) is 113 Å². The van der Waals surface area contributed by atoms with Gasteiger partial charge in [-0.2, -0.15) is 0 Å². The number of hydrogen-bond donors (Lipinski definition) is 0. The summed E-state index contributed by atoms with van der Waals surface area (Å²) in [5, 5.41) is 0. The molecule has 0 fully saturated rings. The molecule has 0 unspecified atom stereocenters. The van der Waals surface area contributed by atoms with Crippen molar-refractivity contribution in [3.05, 3.63) is 179 Å². The molecule has 0 N–H and O–H groups in total. The molecule has 1 aromatic heterocycles. The second kappa shape index (κ2) is 10.7. The van der Waals surface area contributed by atoms with Crippen molar-refractivity contribution in [3.63, 3.8) is 0 Å². The van der Waals surface area contributed by atoms with Crippen LogP contribution in [-0.2, 0) is 12.8 Å². The van der Waals surface area contributed by atoms with Crippen molar-refractivity contribution in [1.82, 2.24) is 0 Å². The normalized spacial score (nSPS) is 12.3. The van der Waals surface area contributed by atoms with Gasteiger partial charge < -0.3 is 4.42 Å². The number of hydrogen-bond acceptors (Lipinski definition) is 3. The molecule has 7 aromatic rings. The monoisotopic (exact) mass is 592 g/mol. The lowest BCUT2D eigenvalue weighted by atomic mass is 10.0. The fraction of sp³-hybridized carbons (Fsp3) is 0.0698. The minimum atomic E-state index is 0.781. The van der Waals surface area contributed by atoms with E-state index in [9.17, 15) is 0 Å². The van der Waals surface area contributed by atoms with Crippen LogP contribution in [0, 0.1) is 6.92 Å². The van der Waals surface area contributed by atoms with Crippen LogP contribution in [0.3, 0.4) is 0 Å². The van der Waals surface area contributed by atoms with Crippen LogP contribution in [0.25, 0.3) is 22.3 Å². The Hall–Kier alpha value is -5.80. The zero-order chi connectivity index (χ0) is 30.6. The van der Waals surface area contributed by atoms with Crippen LogP contribution in [-0.4, -0.2) is 0 Å². The molecular weight excluding hydrogens is 560 g/mol. The van der Waals surface area contributed by atoms with Gasteiger partial charge in [-0.25, -0.2) is 0 Å². The maximum Gasteiger partial charge on any atom is 0.210 e. The molecule has 0 amide bonds. The minimum absolute atomic E-state index is 0.781. The third kappa shape index (κ3) is 4.35. The van der Waals surface area contributed by atoms with Crippen molar-refractivity contribution < 1.29 is 4.42 Å². The Morgan fingerprint density at radius 3 is 1.43 bits per heavy atom. The quantitative estimate of drug-likeness (QED) is 0.191. The summed E-state index contributed by atoms with van der Waals surface area (Å²) in [6.45, 7) is 2.14. The number of nitrogens with zero attached hydrogens (tertiary/aromatic N) is 2. The lowest BCUT2D eigenvalue weighted by Crippen LogP contribution is -2.11. The van der Waals surface area contributed by atoms with Crippen LogP contribution in [0.15, 0.2) is 156 Å². The Bertz CT molecular complexity index is 2230. The maximum atomic E-state index is 6.97. The van der Waals surface area contributed by atoms with Gasteiger partial charge in [0.15, 0.2) is 0 Å². The molecule has 0 spiro atoms. The van der Waals surface area contributed by atoms with Crippen molar-refractivity contribution in [1.29, 1.82) is 0 Å². The van der Waals surface area contributed by atoms with Gasteiger partial charge in [0, 0.05) is 34.4 Å². The minimum Gasteiger partial charge on any atom is -0.423 e. The summed E-state index contributed by atoms with van der Waals surface area (Å²) in [5.74, 6) is 1.59. The summed E-state index contributed by atoms with van der Waals surface area (Å²) in [5.41, 5.74) is 16.1. The van der Waals surface area contributed by atoms with Gasteiger partial charge in [-0.1, -0.05) is 97.1 Å². The van der Waals surface area contributed by atoms with Crippen LogP contribution < -0.4 is 9.80 Å². The molecule has 0 aliphatic heterocycles. The SMILES string of the molecule is Cc1cc(N(c2ccccc2)c2ccc3c(c2)Cc2ccccc2-3)oc1N(c1ccccc1)c1ccc2c(c1)Cc1ccccc1-2. The molecule has 0 radical (unpaired) electrons. The molecule has 9 rings (SSSR count). The van der Waals surface area contributed by atoms with Crippen LogP contribution in [0.5, 0.6) is 0 Å². The number of fused-ring (bicyclic) bond motifs is 6. The average Bonchev–Trinajstić information content (AvgIpc) is 3.78. The van der Waals surface area contributed by atoms with Gasteiger partial charge >= 0.3 is 0 Å². The second-order valence-electron chi connectivity index (χ2n) is 12.3. The van der Waals surface area contributed by atoms with Crippen molar-refractivity contribution >= 4 is 34.5 Å². The Kier molecular flexibility index (Phi) is 6.17. The van der Waals surface area contributed by atoms with Gasteiger partial charge in [0.2, 0.25) is 11.8 Å². The summed E-state index contributed by atoms with van der Waals surface area (Å²) >= 11 is 0.